The van der Waals surface area contributed by atoms with Gasteiger partial charge < -0.3 is 15.2 Å². The molecule has 1 aromatic carbocycles. The van der Waals surface area contributed by atoms with Gasteiger partial charge in [-0.3, -0.25) is 0 Å². The number of halogens is 1. The molecule has 2 N–H and O–H groups in total. The average molecular weight is 310 g/mol. The lowest BCUT2D eigenvalue weighted by molar-refractivity contribution is 0.296. The molecule has 0 bridgehead atoms. The monoisotopic (exact) mass is 309 g/mol. The van der Waals surface area contributed by atoms with Gasteiger partial charge in [-0.2, -0.15) is 0 Å². The van der Waals surface area contributed by atoms with Gasteiger partial charge in [0.25, 0.3) is 0 Å². The predicted molar refractivity (Wildman–Crippen MR) is 85.2 cm³/mol. The van der Waals surface area contributed by atoms with Gasteiger partial charge in [0.05, 0.1) is 13.2 Å². The highest BCUT2D eigenvalue weighted by atomic mass is 35.5. The lowest BCUT2D eigenvalue weighted by atomic mass is 9.87. The molecule has 116 valence electrons. The minimum Gasteiger partial charge on any atom is -0.490 e. The van der Waals surface area contributed by atoms with Crippen molar-refractivity contribution in [2.75, 3.05) is 13.2 Å². The van der Waals surface area contributed by atoms with E-state index in [9.17, 15) is 0 Å². The lowest BCUT2D eigenvalue weighted by Gasteiger charge is -2.24. The molecule has 0 spiro atoms. The van der Waals surface area contributed by atoms with Crippen molar-refractivity contribution in [1.82, 2.24) is 0 Å². The summed E-state index contributed by atoms with van der Waals surface area (Å²) in [5.74, 6) is 2.06. The Morgan fingerprint density at radius 1 is 0.952 bits per heavy atom. The van der Waals surface area contributed by atoms with Crippen LogP contribution in [0.4, 0.5) is 0 Å². The average Bonchev–Trinajstić information content (AvgIpc) is 2.88. The second-order valence-corrected chi connectivity index (χ2v) is 6.56. The van der Waals surface area contributed by atoms with E-state index >= 15 is 0 Å². The topological polar surface area (TPSA) is 44.5 Å². The van der Waals surface area contributed by atoms with E-state index in [4.69, 9.17) is 26.8 Å². The van der Waals surface area contributed by atoms with Gasteiger partial charge in [0.2, 0.25) is 0 Å². The Morgan fingerprint density at radius 3 is 2.24 bits per heavy atom. The number of hydrogen-bond donors (Lipinski definition) is 1. The molecule has 3 rings (SSSR count). The Labute approximate surface area is 131 Å². The van der Waals surface area contributed by atoms with Crippen LogP contribution in [0, 0.1) is 5.92 Å². The zero-order valence-electron chi connectivity index (χ0n) is 12.4. The Hall–Kier alpha value is -0.930. The second kappa shape index (κ2) is 6.89. The fourth-order valence-electron chi connectivity index (χ4n) is 3.38. The Balaban J connectivity index is 1.84. The normalized spacial score (nSPS) is 21.4. The van der Waals surface area contributed by atoms with Crippen LogP contribution in [-0.2, 0) is 0 Å². The summed E-state index contributed by atoms with van der Waals surface area (Å²) in [7, 11) is 0. The molecule has 0 radical (unpaired) electrons. The molecule has 2 aliphatic rings. The number of ether oxygens (including phenoxy) is 2. The third-order valence-corrected chi connectivity index (χ3v) is 4.96. The van der Waals surface area contributed by atoms with E-state index < -0.39 is 0 Å². The molecule has 0 saturated heterocycles. The molecule has 0 aromatic heterocycles. The quantitative estimate of drug-likeness (QED) is 0.820. The molecule has 1 unspecified atom stereocenters. The summed E-state index contributed by atoms with van der Waals surface area (Å²) in [6.45, 7) is 1.37. The molecular weight excluding hydrogens is 286 g/mol. The maximum atomic E-state index is 6.53. The van der Waals surface area contributed by atoms with Crippen molar-refractivity contribution in [3.8, 4) is 11.5 Å². The van der Waals surface area contributed by atoms with Gasteiger partial charge in [-0.15, -0.1) is 0 Å². The molecule has 1 fully saturated rings. The summed E-state index contributed by atoms with van der Waals surface area (Å²) in [6, 6.07) is 3.86. The Morgan fingerprint density at radius 2 is 1.57 bits per heavy atom. The second-order valence-electron chi connectivity index (χ2n) is 6.15. The molecule has 1 aliphatic carbocycles. The molecule has 1 aromatic rings. The van der Waals surface area contributed by atoms with Crippen LogP contribution in [-0.4, -0.2) is 13.2 Å². The number of rotatable bonds is 2. The molecule has 1 saturated carbocycles. The molecule has 0 amide bonds. The van der Waals surface area contributed by atoms with E-state index in [1.165, 1.54) is 38.5 Å². The SMILES string of the molecule is NC(c1cc2c(cc1Cl)OCCCO2)C1CCCCCC1. The van der Waals surface area contributed by atoms with Crippen LogP contribution in [0.5, 0.6) is 11.5 Å². The minimum atomic E-state index is -0.00671. The van der Waals surface area contributed by atoms with Gasteiger partial charge in [-0.1, -0.05) is 37.3 Å². The highest BCUT2D eigenvalue weighted by Gasteiger charge is 2.25. The summed E-state index contributed by atoms with van der Waals surface area (Å²) in [6.07, 6.45) is 8.52. The van der Waals surface area contributed by atoms with Crippen molar-refractivity contribution >= 4 is 11.6 Å². The third-order valence-electron chi connectivity index (χ3n) is 4.63. The zero-order chi connectivity index (χ0) is 14.7. The smallest absolute Gasteiger partial charge is 0.162 e. The van der Waals surface area contributed by atoms with E-state index in [1.807, 2.05) is 12.1 Å². The van der Waals surface area contributed by atoms with Gasteiger partial charge in [0.15, 0.2) is 11.5 Å². The fraction of sp³-hybridized carbons (Fsp3) is 0.647. The summed E-state index contributed by atoms with van der Waals surface area (Å²) >= 11 is 6.45. The number of hydrogen-bond acceptors (Lipinski definition) is 3. The number of nitrogens with two attached hydrogens (primary N) is 1. The van der Waals surface area contributed by atoms with Crippen molar-refractivity contribution in [2.45, 2.75) is 51.0 Å². The standard InChI is InChI=1S/C17H24ClNO2/c18-14-11-16-15(20-8-5-9-21-16)10-13(14)17(19)12-6-3-1-2-4-7-12/h10-12,17H,1-9,19H2. The maximum Gasteiger partial charge on any atom is 0.162 e. The van der Waals surface area contributed by atoms with Crippen molar-refractivity contribution in [3.05, 3.63) is 22.7 Å². The van der Waals surface area contributed by atoms with Crippen LogP contribution >= 0.6 is 11.6 Å². The molecule has 1 atom stereocenters. The first-order chi connectivity index (χ1) is 10.3. The molecule has 21 heavy (non-hydrogen) atoms. The first-order valence-corrected chi connectivity index (χ1v) is 8.48. The zero-order valence-corrected chi connectivity index (χ0v) is 13.2. The molecule has 4 heteroatoms. The van der Waals surface area contributed by atoms with E-state index in [1.54, 1.807) is 0 Å². The van der Waals surface area contributed by atoms with Gasteiger partial charge in [-0.25, -0.2) is 0 Å². The van der Waals surface area contributed by atoms with Crippen molar-refractivity contribution in [2.24, 2.45) is 11.7 Å². The summed E-state index contributed by atoms with van der Waals surface area (Å²) in [4.78, 5) is 0. The van der Waals surface area contributed by atoms with Crippen LogP contribution < -0.4 is 15.2 Å². The third kappa shape index (κ3) is 3.46. The van der Waals surface area contributed by atoms with Crippen LogP contribution in [0.15, 0.2) is 12.1 Å². The van der Waals surface area contributed by atoms with E-state index in [0.29, 0.717) is 24.2 Å². The Kier molecular flexibility index (Phi) is 4.91. The summed E-state index contributed by atoms with van der Waals surface area (Å²) < 4.78 is 11.4. The van der Waals surface area contributed by atoms with E-state index in [0.717, 1.165) is 23.5 Å². The largest absolute Gasteiger partial charge is 0.490 e. The van der Waals surface area contributed by atoms with Crippen LogP contribution in [0.25, 0.3) is 0 Å². The summed E-state index contributed by atoms with van der Waals surface area (Å²) in [5.41, 5.74) is 7.54. The minimum absolute atomic E-state index is 0.00671. The first-order valence-electron chi connectivity index (χ1n) is 8.10. The van der Waals surface area contributed by atoms with E-state index in [-0.39, 0.29) is 6.04 Å². The summed E-state index contributed by atoms with van der Waals surface area (Å²) in [5, 5.41) is 0.705. The molecule has 3 nitrogen and oxygen atoms in total. The van der Waals surface area contributed by atoms with E-state index in [2.05, 4.69) is 0 Å². The maximum absolute atomic E-state index is 6.53. The highest BCUT2D eigenvalue weighted by Crippen LogP contribution is 2.40. The molecule has 1 heterocycles. The fourth-order valence-corrected chi connectivity index (χ4v) is 3.66. The van der Waals surface area contributed by atoms with Gasteiger partial charge in [0, 0.05) is 23.6 Å². The van der Waals surface area contributed by atoms with Crippen molar-refractivity contribution < 1.29 is 9.47 Å². The molecule has 1 aliphatic heterocycles. The van der Waals surface area contributed by atoms with Gasteiger partial charge in [-0.05, 0) is 30.4 Å². The predicted octanol–water partition coefficient (Wildman–Crippen LogP) is 4.47. The number of fused-ring (bicyclic) bond motifs is 1. The van der Waals surface area contributed by atoms with Crippen LogP contribution in [0.1, 0.15) is 56.6 Å². The van der Waals surface area contributed by atoms with Crippen molar-refractivity contribution in [1.29, 1.82) is 0 Å². The van der Waals surface area contributed by atoms with Crippen LogP contribution in [0.3, 0.4) is 0 Å². The first kappa shape index (κ1) is 15.0. The highest BCUT2D eigenvalue weighted by molar-refractivity contribution is 6.31. The van der Waals surface area contributed by atoms with Gasteiger partial charge >= 0.3 is 0 Å². The lowest BCUT2D eigenvalue weighted by Crippen LogP contribution is -2.21. The van der Waals surface area contributed by atoms with Gasteiger partial charge in [0.1, 0.15) is 0 Å². The molecular formula is C17H24ClNO2. The number of benzene rings is 1. The van der Waals surface area contributed by atoms with Crippen LogP contribution in [0.2, 0.25) is 5.02 Å². The van der Waals surface area contributed by atoms with Crippen molar-refractivity contribution in [3.63, 3.8) is 0 Å². The Bertz CT molecular complexity index is 484.